The van der Waals surface area contributed by atoms with Gasteiger partial charge in [-0.05, 0) is 53.3 Å². The number of fused-ring (bicyclic) bond motifs is 2. The molecule has 6 nitrogen and oxygen atoms in total. The molecule has 0 radical (unpaired) electrons. The summed E-state index contributed by atoms with van der Waals surface area (Å²) in [6, 6.07) is 23.0. The zero-order chi connectivity index (χ0) is 21.4. The highest BCUT2D eigenvalue weighted by molar-refractivity contribution is 6.35. The van der Waals surface area contributed by atoms with E-state index in [2.05, 4.69) is 10.4 Å². The van der Waals surface area contributed by atoms with Gasteiger partial charge in [-0.25, -0.2) is 0 Å². The molecule has 7 heteroatoms. The molecule has 0 aliphatic carbocycles. The van der Waals surface area contributed by atoms with Gasteiger partial charge < -0.3 is 0 Å². The SMILES string of the molecule is C[C@H](NC[n+]1ccc2cccnn21)c1cc2cccc(Cl)c2c(=O)n1-c1ccccc1. The molecule has 0 fully saturated rings. The number of halogens is 1. The Kier molecular flexibility index (Phi) is 5.02. The Hall–Kier alpha value is -3.48. The second-order valence-electron chi connectivity index (χ2n) is 7.43. The summed E-state index contributed by atoms with van der Waals surface area (Å²) in [7, 11) is 0. The summed E-state index contributed by atoms with van der Waals surface area (Å²) in [5.41, 5.74) is 2.56. The zero-order valence-electron chi connectivity index (χ0n) is 16.9. The number of hydrogen-bond acceptors (Lipinski definition) is 3. The molecule has 3 aromatic heterocycles. The third kappa shape index (κ3) is 3.50. The monoisotopic (exact) mass is 430 g/mol. The van der Waals surface area contributed by atoms with Crippen LogP contribution in [0.4, 0.5) is 0 Å². The quantitative estimate of drug-likeness (QED) is 0.430. The van der Waals surface area contributed by atoms with Crippen molar-refractivity contribution in [2.75, 3.05) is 0 Å². The molecule has 5 aromatic rings. The maximum absolute atomic E-state index is 13.5. The first kappa shape index (κ1) is 19.5. The molecule has 5 rings (SSSR count). The molecule has 3 heterocycles. The maximum atomic E-state index is 13.5. The molecule has 31 heavy (non-hydrogen) atoms. The summed E-state index contributed by atoms with van der Waals surface area (Å²) < 4.78 is 5.56. The van der Waals surface area contributed by atoms with Crippen LogP contribution in [0, 0.1) is 0 Å². The molecule has 1 N–H and O–H groups in total. The molecular weight excluding hydrogens is 410 g/mol. The van der Waals surface area contributed by atoms with E-state index in [1.807, 2.05) is 89.2 Å². The Bertz CT molecular complexity index is 1440. The standard InChI is InChI=1S/C24H21ClN5O/c1-17(26-16-28-14-12-20-10-6-13-27-30(20)28)22-15-18-7-5-11-21(25)23(18)24(31)29(22)19-8-3-2-4-9-19/h2-15,17,26H,16H2,1H3/q+1/t17-/m0/s1. The van der Waals surface area contributed by atoms with Crippen LogP contribution in [0.1, 0.15) is 18.7 Å². The lowest BCUT2D eigenvalue weighted by atomic mass is 10.1. The van der Waals surface area contributed by atoms with Crippen LogP contribution in [0.25, 0.3) is 22.0 Å². The predicted molar refractivity (Wildman–Crippen MR) is 121 cm³/mol. The molecule has 1 atom stereocenters. The summed E-state index contributed by atoms with van der Waals surface area (Å²) in [5, 5.41) is 9.73. The van der Waals surface area contributed by atoms with E-state index in [9.17, 15) is 4.79 Å². The Balaban J connectivity index is 1.58. The summed E-state index contributed by atoms with van der Waals surface area (Å²) in [6.45, 7) is 2.58. The van der Waals surface area contributed by atoms with Gasteiger partial charge in [-0.3, -0.25) is 14.7 Å². The van der Waals surface area contributed by atoms with Crippen LogP contribution in [0.5, 0.6) is 0 Å². The summed E-state index contributed by atoms with van der Waals surface area (Å²) in [6.07, 6.45) is 3.74. The van der Waals surface area contributed by atoms with Gasteiger partial charge in [0.15, 0.2) is 12.9 Å². The van der Waals surface area contributed by atoms with Crippen molar-refractivity contribution in [1.29, 1.82) is 0 Å². The number of para-hydroxylation sites is 1. The van der Waals surface area contributed by atoms with Gasteiger partial charge in [0.1, 0.15) is 11.7 Å². The van der Waals surface area contributed by atoms with Gasteiger partial charge in [-0.2, -0.15) is 0 Å². The van der Waals surface area contributed by atoms with Crippen LogP contribution in [0.2, 0.25) is 5.02 Å². The molecule has 0 unspecified atom stereocenters. The normalized spacial score (nSPS) is 12.5. The van der Waals surface area contributed by atoms with Crippen LogP contribution in [0.3, 0.4) is 0 Å². The molecule has 2 aromatic carbocycles. The fraction of sp³-hybridized carbons (Fsp3) is 0.125. The summed E-state index contributed by atoms with van der Waals surface area (Å²) in [5.74, 6) is 0. The molecular formula is C24H21ClN5O+. The lowest BCUT2D eigenvalue weighted by Crippen LogP contribution is -2.47. The van der Waals surface area contributed by atoms with E-state index in [-0.39, 0.29) is 11.6 Å². The van der Waals surface area contributed by atoms with Gasteiger partial charge in [0.2, 0.25) is 0 Å². The second kappa shape index (κ2) is 7.98. The van der Waals surface area contributed by atoms with Crippen molar-refractivity contribution in [2.24, 2.45) is 0 Å². The zero-order valence-corrected chi connectivity index (χ0v) is 17.7. The van der Waals surface area contributed by atoms with Crippen molar-refractivity contribution >= 4 is 27.9 Å². The van der Waals surface area contributed by atoms with Crippen molar-refractivity contribution in [3.05, 3.63) is 106 Å². The van der Waals surface area contributed by atoms with Gasteiger partial charge in [0, 0.05) is 28.6 Å². The smallest absolute Gasteiger partial charge is 0.264 e. The van der Waals surface area contributed by atoms with E-state index < -0.39 is 0 Å². The van der Waals surface area contributed by atoms with E-state index in [0.717, 1.165) is 22.3 Å². The minimum absolute atomic E-state index is 0.113. The van der Waals surface area contributed by atoms with E-state index >= 15 is 0 Å². The fourth-order valence-electron chi connectivity index (χ4n) is 3.90. The summed E-state index contributed by atoms with van der Waals surface area (Å²) >= 11 is 6.40. The fourth-order valence-corrected chi connectivity index (χ4v) is 4.16. The van der Waals surface area contributed by atoms with Crippen molar-refractivity contribution < 1.29 is 4.68 Å². The Morgan fingerprint density at radius 1 is 1.06 bits per heavy atom. The van der Waals surface area contributed by atoms with Crippen LogP contribution < -0.4 is 15.6 Å². The number of hydrogen-bond donors (Lipinski definition) is 1. The highest BCUT2D eigenvalue weighted by atomic mass is 35.5. The highest BCUT2D eigenvalue weighted by Gasteiger charge is 2.18. The Morgan fingerprint density at radius 3 is 2.74 bits per heavy atom. The first-order valence-electron chi connectivity index (χ1n) is 10.1. The number of pyridine rings is 1. The van der Waals surface area contributed by atoms with Gasteiger partial charge in [-0.15, -0.1) is 4.68 Å². The third-order valence-corrected chi connectivity index (χ3v) is 5.78. The molecule has 0 aliphatic rings. The largest absolute Gasteiger partial charge is 0.279 e. The minimum Gasteiger partial charge on any atom is -0.279 e. The summed E-state index contributed by atoms with van der Waals surface area (Å²) in [4.78, 5) is 13.5. The molecule has 0 spiro atoms. The Labute approximate surface area is 183 Å². The number of benzene rings is 2. The van der Waals surface area contributed by atoms with E-state index in [1.54, 1.807) is 16.8 Å². The van der Waals surface area contributed by atoms with Crippen LogP contribution in [0.15, 0.2) is 90.0 Å². The van der Waals surface area contributed by atoms with Gasteiger partial charge in [0.05, 0.1) is 10.4 Å². The topological polar surface area (TPSA) is 55.2 Å². The average molecular weight is 431 g/mol. The van der Waals surface area contributed by atoms with Crippen LogP contribution in [-0.2, 0) is 6.67 Å². The molecule has 0 bridgehead atoms. The van der Waals surface area contributed by atoms with E-state index in [4.69, 9.17) is 11.6 Å². The second-order valence-corrected chi connectivity index (χ2v) is 7.83. The maximum Gasteiger partial charge on any atom is 0.264 e. The Morgan fingerprint density at radius 2 is 1.90 bits per heavy atom. The molecule has 0 aliphatic heterocycles. The molecule has 0 amide bonds. The third-order valence-electron chi connectivity index (χ3n) is 5.46. The van der Waals surface area contributed by atoms with Gasteiger partial charge in [0.25, 0.3) is 5.56 Å². The van der Waals surface area contributed by atoms with Gasteiger partial charge >= 0.3 is 0 Å². The predicted octanol–water partition coefficient (Wildman–Crippen LogP) is 3.89. The van der Waals surface area contributed by atoms with Gasteiger partial charge in [-0.1, -0.05) is 41.9 Å². The average Bonchev–Trinajstić information content (AvgIpc) is 3.21. The lowest BCUT2D eigenvalue weighted by Gasteiger charge is -2.20. The van der Waals surface area contributed by atoms with Crippen molar-refractivity contribution in [3.63, 3.8) is 0 Å². The van der Waals surface area contributed by atoms with E-state index in [0.29, 0.717) is 17.1 Å². The number of nitrogens with one attached hydrogen (secondary N) is 1. The van der Waals surface area contributed by atoms with Crippen LogP contribution in [-0.4, -0.2) is 14.3 Å². The lowest BCUT2D eigenvalue weighted by molar-refractivity contribution is -0.770. The number of nitrogens with zero attached hydrogens (tertiary/aromatic N) is 4. The minimum atomic E-state index is -0.125. The van der Waals surface area contributed by atoms with Crippen molar-refractivity contribution in [1.82, 2.24) is 19.6 Å². The van der Waals surface area contributed by atoms with Crippen molar-refractivity contribution in [3.8, 4) is 5.69 Å². The molecule has 0 saturated carbocycles. The number of rotatable bonds is 5. The highest BCUT2D eigenvalue weighted by Crippen LogP contribution is 2.25. The first-order chi connectivity index (χ1) is 15.1. The molecule has 154 valence electrons. The number of aromatic nitrogens is 4. The van der Waals surface area contributed by atoms with Crippen LogP contribution >= 0.6 is 11.6 Å². The molecule has 0 saturated heterocycles. The van der Waals surface area contributed by atoms with E-state index in [1.165, 1.54) is 0 Å². The first-order valence-corrected chi connectivity index (χ1v) is 10.5. The van der Waals surface area contributed by atoms with Crippen molar-refractivity contribution in [2.45, 2.75) is 19.6 Å².